The van der Waals surface area contributed by atoms with Crippen LogP contribution >= 0.6 is 11.6 Å². The number of fused-ring (bicyclic) bond motifs is 1. The lowest BCUT2D eigenvalue weighted by Gasteiger charge is -2.46. The standard InChI is InChI=1S/C11H19ClO/c1-11(13)6-2-3-8-4-5-9(12)7-10(8)11/h8-10,13H,2-7H2,1H3. The van der Waals surface area contributed by atoms with Gasteiger partial charge in [-0.2, -0.15) is 0 Å². The molecule has 2 saturated carbocycles. The molecule has 2 heteroatoms. The smallest absolute Gasteiger partial charge is 0.0651 e. The van der Waals surface area contributed by atoms with Crippen molar-refractivity contribution in [3.05, 3.63) is 0 Å². The van der Waals surface area contributed by atoms with E-state index in [0.717, 1.165) is 25.2 Å². The van der Waals surface area contributed by atoms with Crippen LogP contribution in [0.25, 0.3) is 0 Å². The van der Waals surface area contributed by atoms with E-state index in [4.69, 9.17) is 11.6 Å². The molecule has 0 radical (unpaired) electrons. The van der Waals surface area contributed by atoms with Crippen LogP contribution < -0.4 is 0 Å². The van der Waals surface area contributed by atoms with Crippen molar-refractivity contribution in [2.24, 2.45) is 11.8 Å². The number of aliphatic hydroxyl groups is 1. The molecule has 13 heavy (non-hydrogen) atoms. The van der Waals surface area contributed by atoms with Gasteiger partial charge in [-0.3, -0.25) is 0 Å². The molecule has 4 atom stereocenters. The van der Waals surface area contributed by atoms with Crippen LogP contribution in [-0.2, 0) is 0 Å². The summed E-state index contributed by atoms with van der Waals surface area (Å²) in [7, 11) is 0. The van der Waals surface area contributed by atoms with E-state index < -0.39 is 5.60 Å². The summed E-state index contributed by atoms with van der Waals surface area (Å²) in [4.78, 5) is 0. The molecule has 0 aromatic rings. The largest absolute Gasteiger partial charge is 0.390 e. The zero-order valence-electron chi connectivity index (χ0n) is 8.30. The lowest BCUT2D eigenvalue weighted by Crippen LogP contribution is -2.45. The molecule has 0 aromatic carbocycles. The Bertz CT molecular complexity index is 191. The van der Waals surface area contributed by atoms with Crippen molar-refractivity contribution in [2.45, 2.75) is 56.4 Å². The molecule has 0 saturated heterocycles. The fraction of sp³-hybridized carbons (Fsp3) is 1.00. The van der Waals surface area contributed by atoms with E-state index in [9.17, 15) is 5.11 Å². The predicted molar refractivity (Wildman–Crippen MR) is 54.9 cm³/mol. The zero-order valence-corrected chi connectivity index (χ0v) is 9.06. The maximum Gasteiger partial charge on any atom is 0.0651 e. The third-order valence-electron chi connectivity index (χ3n) is 3.99. The molecule has 2 aliphatic rings. The molecule has 0 heterocycles. The number of alkyl halides is 1. The average Bonchev–Trinajstić information content (AvgIpc) is 2.06. The van der Waals surface area contributed by atoms with E-state index in [2.05, 4.69) is 0 Å². The molecule has 1 nitrogen and oxygen atoms in total. The van der Waals surface area contributed by atoms with Crippen molar-refractivity contribution in [3.8, 4) is 0 Å². The molecule has 1 N–H and O–H groups in total. The maximum absolute atomic E-state index is 10.2. The molecule has 0 spiro atoms. The van der Waals surface area contributed by atoms with E-state index in [0.29, 0.717) is 11.3 Å². The molecular formula is C11H19ClO. The van der Waals surface area contributed by atoms with Gasteiger partial charge in [-0.15, -0.1) is 11.6 Å². The molecule has 76 valence electrons. The molecule has 0 aliphatic heterocycles. The second-order valence-corrected chi connectivity index (χ2v) is 5.64. The molecule has 2 aliphatic carbocycles. The highest BCUT2D eigenvalue weighted by molar-refractivity contribution is 6.20. The van der Waals surface area contributed by atoms with E-state index in [1.54, 1.807) is 0 Å². The van der Waals surface area contributed by atoms with Crippen molar-refractivity contribution >= 4 is 11.6 Å². The fourth-order valence-electron chi connectivity index (χ4n) is 3.20. The lowest BCUT2D eigenvalue weighted by atomic mass is 9.64. The summed E-state index contributed by atoms with van der Waals surface area (Å²) < 4.78 is 0. The normalized spacial score (nSPS) is 51.5. The highest BCUT2D eigenvalue weighted by Gasteiger charge is 2.43. The van der Waals surface area contributed by atoms with E-state index >= 15 is 0 Å². The third kappa shape index (κ3) is 1.87. The summed E-state index contributed by atoms with van der Waals surface area (Å²) in [6.45, 7) is 2.00. The van der Waals surface area contributed by atoms with E-state index in [-0.39, 0.29) is 0 Å². The summed E-state index contributed by atoms with van der Waals surface area (Å²) in [5.41, 5.74) is -0.434. The third-order valence-corrected chi connectivity index (χ3v) is 4.38. The molecule has 2 fully saturated rings. The first kappa shape index (κ1) is 9.79. The van der Waals surface area contributed by atoms with Crippen LogP contribution in [-0.4, -0.2) is 16.1 Å². The van der Waals surface area contributed by atoms with Gasteiger partial charge in [-0.05, 0) is 50.9 Å². The van der Waals surface area contributed by atoms with Gasteiger partial charge in [-0.25, -0.2) is 0 Å². The summed E-state index contributed by atoms with van der Waals surface area (Å²) >= 11 is 6.15. The Kier molecular flexibility index (Phi) is 2.59. The van der Waals surface area contributed by atoms with Crippen molar-refractivity contribution in [3.63, 3.8) is 0 Å². The SMILES string of the molecule is CC1(O)CCCC2CCC(Cl)CC21. The van der Waals surface area contributed by atoms with Crippen LogP contribution in [0.15, 0.2) is 0 Å². The second kappa shape index (κ2) is 3.43. The van der Waals surface area contributed by atoms with Crippen LogP contribution in [0.5, 0.6) is 0 Å². The molecule has 4 unspecified atom stereocenters. The van der Waals surface area contributed by atoms with Gasteiger partial charge in [0.2, 0.25) is 0 Å². The summed E-state index contributed by atoms with van der Waals surface area (Å²) in [5.74, 6) is 1.22. The van der Waals surface area contributed by atoms with Gasteiger partial charge in [-0.1, -0.05) is 6.42 Å². The first-order chi connectivity index (χ1) is 6.09. The summed E-state index contributed by atoms with van der Waals surface area (Å²) in [6, 6.07) is 0. The van der Waals surface area contributed by atoms with E-state index in [1.807, 2.05) is 6.92 Å². The second-order valence-electron chi connectivity index (χ2n) is 5.03. The van der Waals surface area contributed by atoms with Crippen LogP contribution in [0.2, 0.25) is 0 Å². The minimum Gasteiger partial charge on any atom is -0.390 e. The van der Waals surface area contributed by atoms with Gasteiger partial charge in [0.15, 0.2) is 0 Å². The Morgan fingerprint density at radius 2 is 2.08 bits per heavy atom. The Hall–Kier alpha value is 0.250. The minimum absolute atomic E-state index is 0.311. The molecule has 0 aromatic heterocycles. The Labute approximate surface area is 85.5 Å². The average molecular weight is 203 g/mol. The van der Waals surface area contributed by atoms with Crippen LogP contribution in [0, 0.1) is 11.8 Å². The monoisotopic (exact) mass is 202 g/mol. The van der Waals surface area contributed by atoms with Crippen molar-refractivity contribution < 1.29 is 5.11 Å². The molecule has 0 bridgehead atoms. The van der Waals surface area contributed by atoms with Crippen LogP contribution in [0.4, 0.5) is 0 Å². The first-order valence-corrected chi connectivity index (χ1v) is 5.90. The highest BCUT2D eigenvalue weighted by Crippen LogP contribution is 2.46. The maximum atomic E-state index is 10.2. The first-order valence-electron chi connectivity index (χ1n) is 5.46. The molecule has 2 rings (SSSR count). The van der Waals surface area contributed by atoms with Crippen LogP contribution in [0.3, 0.4) is 0 Å². The summed E-state index contributed by atoms with van der Waals surface area (Å²) in [5, 5.41) is 10.5. The molecule has 0 amide bonds. The fourth-order valence-corrected chi connectivity index (χ4v) is 3.51. The van der Waals surface area contributed by atoms with Crippen LogP contribution in [0.1, 0.15) is 45.4 Å². The van der Waals surface area contributed by atoms with Crippen molar-refractivity contribution in [1.29, 1.82) is 0 Å². The predicted octanol–water partition coefficient (Wildman–Crippen LogP) is 2.95. The lowest BCUT2D eigenvalue weighted by molar-refractivity contribution is -0.0731. The van der Waals surface area contributed by atoms with Gasteiger partial charge in [0.25, 0.3) is 0 Å². The topological polar surface area (TPSA) is 20.2 Å². The Balaban J connectivity index is 2.10. The Morgan fingerprint density at radius 3 is 2.85 bits per heavy atom. The highest BCUT2D eigenvalue weighted by atomic mass is 35.5. The number of halogens is 1. The van der Waals surface area contributed by atoms with E-state index in [1.165, 1.54) is 19.3 Å². The number of hydrogen-bond donors (Lipinski definition) is 1. The van der Waals surface area contributed by atoms with Crippen molar-refractivity contribution in [1.82, 2.24) is 0 Å². The quantitative estimate of drug-likeness (QED) is 0.599. The van der Waals surface area contributed by atoms with Gasteiger partial charge in [0.05, 0.1) is 5.60 Å². The minimum atomic E-state index is -0.434. The molecular weight excluding hydrogens is 184 g/mol. The van der Waals surface area contributed by atoms with Gasteiger partial charge in [0.1, 0.15) is 0 Å². The summed E-state index contributed by atoms with van der Waals surface area (Å²) in [6.07, 6.45) is 6.89. The number of hydrogen-bond acceptors (Lipinski definition) is 1. The number of rotatable bonds is 0. The van der Waals surface area contributed by atoms with Gasteiger partial charge < -0.3 is 5.11 Å². The zero-order chi connectivity index (χ0) is 9.47. The Morgan fingerprint density at radius 1 is 1.31 bits per heavy atom. The van der Waals surface area contributed by atoms with Gasteiger partial charge >= 0.3 is 0 Å². The van der Waals surface area contributed by atoms with Crippen molar-refractivity contribution in [2.75, 3.05) is 0 Å². The van der Waals surface area contributed by atoms with Gasteiger partial charge in [0, 0.05) is 5.38 Å².